The molecule has 0 unspecified atom stereocenters. The number of thioether (sulfide) groups is 1. The van der Waals surface area contributed by atoms with Crippen molar-refractivity contribution in [1.29, 1.82) is 0 Å². The highest BCUT2D eigenvalue weighted by Crippen LogP contribution is 2.24. The summed E-state index contributed by atoms with van der Waals surface area (Å²) in [7, 11) is 0. The summed E-state index contributed by atoms with van der Waals surface area (Å²) >= 11 is 1.56. The van der Waals surface area contributed by atoms with Crippen LogP contribution in [0.2, 0.25) is 0 Å². The minimum absolute atomic E-state index is 0.0135. The van der Waals surface area contributed by atoms with Gasteiger partial charge in [0, 0.05) is 17.2 Å². The maximum Gasteiger partial charge on any atom is 0.262 e. The van der Waals surface area contributed by atoms with Crippen molar-refractivity contribution in [3.05, 3.63) is 76.7 Å². The standard InChI is InChI=1S/C21H19N3OS/c1-14(2)24-20(25)17-8-4-6-10-19(17)23-21(24)26-13-16-12-11-15-7-3-5-9-18(15)22-16/h3-12,14H,13H2,1-2H3. The molecule has 26 heavy (non-hydrogen) atoms. The van der Waals surface area contributed by atoms with E-state index in [0.717, 1.165) is 27.3 Å². The lowest BCUT2D eigenvalue weighted by Gasteiger charge is -2.16. The van der Waals surface area contributed by atoms with Gasteiger partial charge in [0.15, 0.2) is 5.16 Å². The van der Waals surface area contributed by atoms with Crippen molar-refractivity contribution in [3.63, 3.8) is 0 Å². The number of benzene rings is 2. The first-order chi connectivity index (χ1) is 12.6. The molecule has 0 aliphatic carbocycles. The topological polar surface area (TPSA) is 47.8 Å². The van der Waals surface area contributed by atoms with Crippen molar-refractivity contribution in [2.45, 2.75) is 30.8 Å². The van der Waals surface area contributed by atoms with E-state index < -0.39 is 0 Å². The molecule has 0 saturated carbocycles. The molecule has 4 aromatic rings. The second-order valence-electron chi connectivity index (χ2n) is 6.46. The number of aromatic nitrogens is 3. The summed E-state index contributed by atoms with van der Waals surface area (Å²) in [5.41, 5.74) is 2.72. The third-order valence-corrected chi connectivity index (χ3v) is 5.28. The Bertz CT molecular complexity index is 1150. The van der Waals surface area contributed by atoms with Crippen LogP contribution in [0.5, 0.6) is 0 Å². The third-order valence-electron chi connectivity index (χ3n) is 4.30. The van der Waals surface area contributed by atoms with E-state index in [-0.39, 0.29) is 11.6 Å². The van der Waals surface area contributed by atoms with Crippen molar-refractivity contribution in [2.24, 2.45) is 0 Å². The molecule has 130 valence electrons. The highest BCUT2D eigenvalue weighted by atomic mass is 32.2. The quantitative estimate of drug-likeness (QED) is 0.386. The number of nitrogens with zero attached hydrogens (tertiary/aromatic N) is 3. The Balaban J connectivity index is 1.71. The lowest BCUT2D eigenvalue weighted by Crippen LogP contribution is -2.25. The summed E-state index contributed by atoms with van der Waals surface area (Å²) in [6.45, 7) is 4.02. The van der Waals surface area contributed by atoms with Gasteiger partial charge in [0.2, 0.25) is 0 Å². The van der Waals surface area contributed by atoms with Crippen molar-refractivity contribution >= 4 is 33.6 Å². The fourth-order valence-corrected chi connectivity index (χ4v) is 4.04. The second-order valence-corrected chi connectivity index (χ2v) is 7.41. The maximum atomic E-state index is 12.9. The summed E-state index contributed by atoms with van der Waals surface area (Å²) in [4.78, 5) is 22.3. The number of pyridine rings is 1. The highest BCUT2D eigenvalue weighted by molar-refractivity contribution is 7.98. The number of hydrogen-bond donors (Lipinski definition) is 0. The van der Waals surface area contributed by atoms with E-state index in [9.17, 15) is 4.79 Å². The Morgan fingerprint density at radius 1 is 0.923 bits per heavy atom. The highest BCUT2D eigenvalue weighted by Gasteiger charge is 2.14. The smallest absolute Gasteiger partial charge is 0.262 e. The van der Waals surface area contributed by atoms with Crippen LogP contribution in [0.15, 0.2) is 70.6 Å². The molecule has 0 spiro atoms. The SMILES string of the molecule is CC(C)n1c(SCc2ccc3ccccc3n2)nc2ccccc2c1=O. The van der Waals surface area contributed by atoms with Crippen LogP contribution < -0.4 is 5.56 Å². The Morgan fingerprint density at radius 2 is 1.65 bits per heavy atom. The molecule has 2 heterocycles. The predicted molar refractivity (Wildman–Crippen MR) is 108 cm³/mol. The molecule has 0 amide bonds. The van der Waals surface area contributed by atoms with Crippen LogP contribution in [0.3, 0.4) is 0 Å². The summed E-state index contributed by atoms with van der Waals surface area (Å²) < 4.78 is 1.77. The molecular weight excluding hydrogens is 342 g/mol. The number of para-hydroxylation sites is 2. The molecule has 0 aliphatic rings. The molecule has 0 saturated heterocycles. The molecule has 4 rings (SSSR count). The van der Waals surface area contributed by atoms with Gasteiger partial charge in [-0.05, 0) is 38.1 Å². The van der Waals surface area contributed by atoms with Gasteiger partial charge in [-0.1, -0.05) is 48.2 Å². The molecule has 0 N–H and O–H groups in total. The van der Waals surface area contributed by atoms with E-state index in [1.807, 2.05) is 62.4 Å². The first kappa shape index (κ1) is 16.8. The monoisotopic (exact) mass is 361 g/mol. The first-order valence-corrected chi connectivity index (χ1v) is 9.61. The average molecular weight is 361 g/mol. The summed E-state index contributed by atoms with van der Waals surface area (Å²) in [5, 5.41) is 2.53. The largest absolute Gasteiger partial charge is 0.285 e. The van der Waals surface area contributed by atoms with Crippen LogP contribution in [-0.2, 0) is 5.75 Å². The van der Waals surface area contributed by atoms with E-state index in [0.29, 0.717) is 11.1 Å². The van der Waals surface area contributed by atoms with Crippen LogP contribution in [0.1, 0.15) is 25.6 Å². The molecule has 0 atom stereocenters. The van der Waals surface area contributed by atoms with Crippen molar-refractivity contribution < 1.29 is 0 Å². The van der Waals surface area contributed by atoms with Gasteiger partial charge in [0.25, 0.3) is 5.56 Å². The fraction of sp³-hybridized carbons (Fsp3) is 0.190. The molecule has 0 bridgehead atoms. The summed E-state index contributed by atoms with van der Waals surface area (Å²) in [6.07, 6.45) is 0. The van der Waals surface area contributed by atoms with Crippen LogP contribution in [0.4, 0.5) is 0 Å². The normalized spacial score (nSPS) is 11.5. The van der Waals surface area contributed by atoms with Gasteiger partial charge in [-0.3, -0.25) is 14.3 Å². The van der Waals surface area contributed by atoms with E-state index in [1.54, 1.807) is 16.3 Å². The zero-order chi connectivity index (χ0) is 18.1. The lowest BCUT2D eigenvalue weighted by atomic mass is 10.2. The molecule has 0 radical (unpaired) electrons. The molecule has 2 aromatic carbocycles. The van der Waals surface area contributed by atoms with E-state index in [2.05, 4.69) is 12.1 Å². The average Bonchev–Trinajstić information content (AvgIpc) is 2.66. The van der Waals surface area contributed by atoms with Crippen molar-refractivity contribution in [3.8, 4) is 0 Å². The molecule has 4 nitrogen and oxygen atoms in total. The molecule has 0 fully saturated rings. The Labute approximate surface area is 155 Å². The van der Waals surface area contributed by atoms with Crippen molar-refractivity contribution in [2.75, 3.05) is 0 Å². The van der Waals surface area contributed by atoms with Gasteiger partial charge in [-0.25, -0.2) is 4.98 Å². The van der Waals surface area contributed by atoms with Gasteiger partial charge in [0.05, 0.1) is 22.1 Å². The zero-order valence-electron chi connectivity index (χ0n) is 14.7. The van der Waals surface area contributed by atoms with Crippen LogP contribution >= 0.6 is 11.8 Å². The van der Waals surface area contributed by atoms with Crippen LogP contribution in [0.25, 0.3) is 21.8 Å². The van der Waals surface area contributed by atoms with Gasteiger partial charge in [-0.2, -0.15) is 0 Å². The molecule has 0 aliphatic heterocycles. The van der Waals surface area contributed by atoms with Crippen LogP contribution in [0, 0.1) is 0 Å². The molecule has 2 aromatic heterocycles. The third kappa shape index (κ3) is 3.10. The summed E-state index contributed by atoms with van der Waals surface area (Å²) in [6, 6.07) is 19.8. The molecular formula is C21H19N3OS. The Kier molecular flexibility index (Phi) is 4.47. The summed E-state index contributed by atoms with van der Waals surface area (Å²) in [5.74, 6) is 0.669. The van der Waals surface area contributed by atoms with E-state index in [4.69, 9.17) is 9.97 Å². The van der Waals surface area contributed by atoms with Crippen LogP contribution in [-0.4, -0.2) is 14.5 Å². The molecule has 5 heteroatoms. The fourth-order valence-electron chi connectivity index (χ4n) is 3.01. The van der Waals surface area contributed by atoms with E-state index >= 15 is 0 Å². The Morgan fingerprint density at radius 3 is 2.46 bits per heavy atom. The number of fused-ring (bicyclic) bond motifs is 2. The van der Waals surface area contributed by atoms with Crippen molar-refractivity contribution in [1.82, 2.24) is 14.5 Å². The zero-order valence-corrected chi connectivity index (χ0v) is 15.5. The first-order valence-electron chi connectivity index (χ1n) is 8.62. The van der Waals surface area contributed by atoms with Gasteiger partial charge in [-0.15, -0.1) is 0 Å². The number of hydrogen-bond acceptors (Lipinski definition) is 4. The minimum Gasteiger partial charge on any atom is -0.285 e. The van der Waals surface area contributed by atoms with Gasteiger partial charge in [0.1, 0.15) is 0 Å². The van der Waals surface area contributed by atoms with Gasteiger partial charge >= 0.3 is 0 Å². The second kappa shape index (κ2) is 6.92. The predicted octanol–water partition coefficient (Wildman–Crippen LogP) is 4.82. The lowest BCUT2D eigenvalue weighted by molar-refractivity contribution is 0.519. The van der Waals surface area contributed by atoms with E-state index in [1.165, 1.54) is 0 Å². The van der Waals surface area contributed by atoms with Gasteiger partial charge < -0.3 is 0 Å². The number of rotatable bonds is 4. The maximum absolute atomic E-state index is 12.9. The minimum atomic E-state index is 0.0135. The Hall–Kier alpha value is -2.66.